The third kappa shape index (κ3) is 0.676. The molecule has 10 heavy (non-hydrogen) atoms. The Balaban J connectivity index is 2.13. The Morgan fingerprint density at radius 2 is 2.60 bits per heavy atom. The van der Waals surface area contributed by atoms with Crippen LogP contribution in [0.4, 0.5) is 0 Å². The molecule has 1 fully saturated rings. The van der Waals surface area contributed by atoms with Gasteiger partial charge in [0.25, 0.3) is 0 Å². The van der Waals surface area contributed by atoms with Crippen molar-refractivity contribution >= 4 is 0 Å². The van der Waals surface area contributed by atoms with Crippen molar-refractivity contribution in [2.75, 3.05) is 0 Å². The Morgan fingerprint density at radius 3 is 3.10 bits per heavy atom. The van der Waals surface area contributed by atoms with Crippen molar-refractivity contribution in [3.05, 3.63) is 12.2 Å². The Hall–Kier alpha value is -0.810. The van der Waals surface area contributed by atoms with Crippen molar-refractivity contribution in [2.24, 2.45) is 0 Å². The van der Waals surface area contributed by atoms with Crippen LogP contribution in [-0.2, 0) is 4.74 Å². The second-order valence-corrected chi connectivity index (χ2v) is 2.88. The maximum Gasteiger partial charge on any atom is 0.177 e. The summed E-state index contributed by atoms with van der Waals surface area (Å²) in [6, 6.07) is 2.13. The number of hydrogen-bond donors (Lipinski definition) is 0. The SMILES string of the molecule is N#C[C@@H]1O[C@@]12C=CCCC2. The van der Waals surface area contributed by atoms with E-state index in [1.165, 1.54) is 0 Å². The minimum atomic E-state index is -0.149. The molecule has 0 saturated carbocycles. The van der Waals surface area contributed by atoms with E-state index in [0.717, 1.165) is 19.3 Å². The van der Waals surface area contributed by atoms with E-state index in [0.29, 0.717) is 0 Å². The molecule has 0 unspecified atom stereocenters. The first-order valence-corrected chi connectivity index (χ1v) is 3.62. The van der Waals surface area contributed by atoms with Gasteiger partial charge in [0.2, 0.25) is 0 Å². The fraction of sp³-hybridized carbons (Fsp3) is 0.625. The molecule has 2 heteroatoms. The molecule has 0 radical (unpaired) electrons. The van der Waals surface area contributed by atoms with Gasteiger partial charge in [-0.15, -0.1) is 0 Å². The molecule has 1 aliphatic heterocycles. The number of ether oxygens (including phenoxy) is 1. The highest BCUT2D eigenvalue weighted by atomic mass is 16.6. The summed E-state index contributed by atoms with van der Waals surface area (Å²) in [6.07, 6.45) is 7.34. The van der Waals surface area contributed by atoms with Gasteiger partial charge in [-0.3, -0.25) is 0 Å². The monoisotopic (exact) mass is 135 g/mol. The molecule has 52 valence electrons. The van der Waals surface area contributed by atoms with Gasteiger partial charge in [-0.05, 0) is 19.3 Å². The molecule has 0 N–H and O–H groups in total. The predicted molar refractivity (Wildman–Crippen MR) is 36.2 cm³/mol. The highest BCUT2D eigenvalue weighted by Gasteiger charge is 2.55. The summed E-state index contributed by atoms with van der Waals surface area (Å²) < 4.78 is 5.25. The molecule has 2 aliphatic rings. The first-order chi connectivity index (χ1) is 4.87. The van der Waals surface area contributed by atoms with Crippen LogP contribution >= 0.6 is 0 Å². The first-order valence-electron chi connectivity index (χ1n) is 3.62. The van der Waals surface area contributed by atoms with Crippen molar-refractivity contribution < 1.29 is 4.74 Å². The molecular formula is C8H9NO. The van der Waals surface area contributed by atoms with E-state index >= 15 is 0 Å². The van der Waals surface area contributed by atoms with Gasteiger partial charge in [-0.1, -0.05) is 12.2 Å². The number of nitrogens with zero attached hydrogens (tertiary/aromatic N) is 1. The molecule has 0 amide bonds. The third-order valence-electron chi connectivity index (χ3n) is 2.18. The standard InChI is InChI=1S/C8H9NO/c9-6-7-8(10-7)4-2-1-3-5-8/h2,4,7H,1,3,5H2/t7-,8+/m0/s1. The van der Waals surface area contributed by atoms with Crippen LogP contribution in [0.2, 0.25) is 0 Å². The maximum atomic E-state index is 8.51. The van der Waals surface area contributed by atoms with E-state index in [9.17, 15) is 0 Å². The average Bonchev–Trinajstić information content (AvgIpc) is 2.65. The van der Waals surface area contributed by atoms with E-state index in [4.69, 9.17) is 10.00 Å². The van der Waals surface area contributed by atoms with Crippen LogP contribution in [-0.4, -0.2) is 11.7 Å². The number of epoxide rings is 1. The maximum absolute atomic E-state index is 8.51. The molecule has 2 atom stereocenters. The Kier molecular flexibility index (Phi) is 1.09. The lowest BCUT2D eigenvalue weighted by Gasteiger charge is -2.09. The number of hydrogen-bond acceptors (Lipinski definition) is 2. The Morgan fingerprint density at radius 1 is 1.70 bits per heavy atom. The number of nitriles is 1. The molecule has 1 spiro atoms. The lowest BCUT2D eigenvalue weighted by Crippen LogP contribution is -2.13. The second kappa shape index (κ2) is 1.83. The first kappa shape index (κ1) is 5.94. The average molecular weight is 135 g/mol. The molecule has 0 aromatic heterocycles. The van der Waals surface area contributed by atoms with Crippen LogP contribution in [0.3, 0.4) is 0 Å². The molecule has 2 nitrogen and oxygen atoms in total. The lowest BCUT2D eigenvalue weighted by atomic mass is 9.93. The molecule has 1 heterocycles. The van der Waals surface area contributed by atoms with E-state index in [1.54, 1.807) is 0 Å². The quantitative estimate of drug-likeness (QED) is 0.371. The van der Waals surface area contributed by atoms with E-state index < -0.39 is 0 Å². The summed E-state index contributed by atoms with van der Waals surface area (Å²) in [4.78, 5) is 0. The van der Waals surface area contributed by atoms with Crippen LogP contribution in [0, 0.1) is 11.3 Å². The summed E-state index contributed by atoms with van der Waals surface area (Å²) >= 11 is 0. The summed E-state index contributed by atoms with van der Waals surface area (Å²) in [6.45, 7) is 0. The highest BCUT2D eigenvalue weighted by Crippen LogP contribution is 2.44. The van der Waals surface area contributed by atoms with Crippen molar-refractivity contribution in [3.63, 3.8) is 0 Å². The van der Waals surface area contributed by atoms with E-state index in [-0.39, 0.29) is 11.7 Å². The highest BCUT2D eigenvalue weighted by molar-refractivity contribution is 5.25. The molecule has 0 aromatic carbocycles. The minimum absolute atomic E-state index is 0.146. The fourth-order valence-corrected chi connectivity index (χ4v) is 1.50. The summed E-state index contributed by atoms with van der Waals surface area (Å²) in [5.41, 5.74) is -0.146. The Bertz CT molecular complexity index is 216. The normalized spacial score (nSPS) is 43.3. The van der Waals surface area contributed by atoms with Crippen LogP contribution < -0.4 is 0 Å². The second-order valence-electron chi connectivity index (χ2n) is 2.88. The van der Waals surface area contributed by atoms with Crippen molar-refractivity contribution in [3.8, 4) is 6.07 Å². The zero-order valence-electron chi connectivity index (χ0n) is 5.71. The van der Waals surface area contributed by atoms with Crippen molar-refractivity contribution in [2.45, 2.75) is 31.0 Å². The van der Waals surface area contributed by atoms with Crippen LogP contribution in [0.15, 0.2) is 12.2 Å². The van der Waals surface area contributed by atoms with E-state index in [2.05, 4.69) is 12.1 Å². The largest absolute Gasteiger partial charge is 0.345 e. The molecule has 0 aromatic rings. The number of rotatable bonds is 0. The van der Waals surface area contributed by atoms with Crippen molar-refractivity contribution in [1.82, 2.24) is 0 Å². The van der Waals surface area contributed by atoms with Crippen LogP contribution in [0.1, 0.15) is 19.3 Å². The summed E-state index contributed by atoms with van der Waals surface area (Å²) in [5, 5.41) is 8.51. The Labute approximate surface area is 60.1 Å². The van der Waals surface area contributed by atoms with Crippen LogP contribution in [0.25, 0.3) is 0 Å². The number of allylic oxidation sites excluding steroid dienone is 1. The van der Waals surface area contributed by atoms with Gasteiger partial charge in [0.1, 0.15) is 5.60 Å². The lowest BCUT2D eigenvalue weighted by molar-refractivity contribution is 0.318. The fourth-order valence-electron chi connectivity index (χ4n) is 1.50. The van der Waals surface area contributed by atoms with Gasteiger partial charge in [0, 0.05) is 0 Å². The van der Waals surface area contributed by atoms with E-state index in [1.807, 2.05) is 6.08 Å². The van der Waals surface area contributed by atoms with Crippen molar-refractivity contribution in [1.29, 1.82) is 5.26 Å². The molecule has 1 aliphatic carbocycles. The molecular weight excluding hydrogens is 126 g/mol. The van der Waals surface area contributed by atoms with Crippen LogP contribution in [0.5, 0.6) is 0 Å². The van der Waals surface area contributed by atoms with Gasteiger partial charge in [0.05, 0.1) is 6.07 Å². The predicted octanol–water partition coefficient (Wildman–Crippen LogP) is 1.39. The summed E-state index contributed by atoms with van der Waals surface area (Å²) in [5.74, 6) is 0. The van der Waals surface area contributed by atoms with Gasteiger partial charge >= 0.3 is 0 Å². The molecule has 2 rings (SSSR count). The van der Waals surface area contributed by atoms with Gasteiger partial charge in [-0.25, -0.2) is 0 Å². The molecule has 0 bridgehead atoms. The zero-order chi connectivity index (χ0) is 7.03. The minimum Gasteiger partial charge on any atom is -0.345 e. The molecule has 1 saturated heterocycles. The summed E-state index contributed by atoms with van der Waals surface area (Å²) in [7, 11) is 0. The zero-order valence-corrected chi connectivity index (χ0v) is 5.71. The van der Waals surface area contributed by atoms with Gasteiger partial charge < -0.3 is 4.74 Å². The third-order valence-corrected chi connectivity index (χ3v) is 2.18. The van der Waals surface area contributed by atoms with Gasteiger partial charge in [0.15, 0.2) is 6.10 Å². The van der Waals surface area contributed by atoms with Gasteiger partial charge in [-0.2, -0.15) is 5.26 Å². The smallest absolute Gasteiger partial charge is 0.177 e. The topological polar surface area (TPSA) is 36.3 Å².